The van der Waals surface area contributed by atoms with Crippen molar-refractivity contribution in [3.05, 3.63) is 41.1 Å². The highest BCUT2D eigenvalue weighted by atomic mass is 16.5. The molecule has 1 rings (SSSR count). The van der Waals surface area contributed by atoms with E-state index in [2.05, 4.69) is 60.1 Å². The van der Waals surface area contributed by atoms with Crippen LogP contribution in [0, 0.1) is 18.3 Å². The van der Waals surface area contributed by atoms with Crippen LogP contribution in [0.15, 0.2) is 34.6 Å². The van der Waals surface area contributed by atoms with Gasteiger partial charge in [0.15, 0.2) is 0 Å². The van der Waals surface area contributed by atoms with E-state index < -0.39 is 11.7 Å². The molecule has 0 saturated carbocycles. The summed E-state index contributed by atoms with van der Waals surface area (Å²) in [7, 11) is 0. The maximum Gasteiger partial charge on any atom is 0.121 e. The molecule has 2 N–H and O–H groups in total. The highest BCUT2D eigenvalue weighted by Crippen LogP contribution is 2.34. The third-order valence-corrected chi connectivity index (χ3v) is 8.51. The SMILES string of the molecule is C[CH-]CCCC(C)(O)CCC/C(C)=C/CCC(C)CCC1=CC(O)C(C)C(C)=C1OCCCCCCCC. The molecule has 1 aliphatic carbocycles. The predicted octanol–water partition coefficient (Wildman–Crippen LogP) is 10.0. The lowest BCUT2D eigenvalue weighted by Gasteiger charge is -2.29. The maximum atomic E-state index is 10.6. The van der Waals surface area contributed by atoms with Crippen molar-refractivity contribution < 1.29 is 14.9 Å². The highest BCUT2D eigenvalue weighted by Gasteiger charge is 2.26. The second kappa shape index (κ2) is 19.9. The van der Waals surface area contributed by atoms with Gasteiger partial charge < -0.3 is 21.4 Å². The summed E-state index contributed by atoms with van der Waals surface area (Å²) in [6.45, 7) is 15.9. The second-order valence-corrected chi connectivity index (χ2v) is 12.5. The van der Waals surface area contributed by atoms with Crippen LogP contribution in [-0.4, -0.2) is 28.5 Å². The zero-order valence-corrected chi connectivity index (χ0v) is 26.3. The van der Waals surface area contributed by atoms with E-state index in [0.717, 1.165) is 76.6 Å². The minimum atomic E-state index is -0.527. The van der Waals surface area contributed by atoms with Gasteiger partial charge in [0, 0.05) is 5.92 Å². The number of allylic oxidation sites excluding steroid dienone is 3. The molecule has 0 fully saturated rings. The first-order valence-corrected chi connectivity index (χ1v) is 16.0. The zero-order chi connectivity index (χ0) is 28.4. The van der Waals surface area contributed by atoms with Crippen LogP contribution in [0.2, 0.25) is 0 Å². The number of aliphatic hydroxyl groups excluding tert-OH is 1. The summed E-state index contributed by atoms with van der Waals surface area (Å²) in [5.41, 5.74) is 3.34. The van der Waals surface area contributed by atoms with E-state index in [1.807, 2.05) is 6.92 Å². The van der Waals surface area contributed by atoms with Crippen molar-refractivity contribution in [1.82, 2.24) is 0 Å². The first-order chi connectivity index (χ1) is 18.1. The van der Waals surface area contributed by atoms with Crippen molar-refractivity contribution >= 4 is 0 Å². The molecule has 1 aliphatic rings. The third-order valence-electron chi connectivity index (χ3n) is 8.51. The lowest BCUT2D eigenvalue weighted by molar-refractivity contribution is 0.0381. The fourth-order valence-corrected chi connectivity index (χ4v) is 5.42. The average Bonchev–Trinajstić information content (AvgIpc) is 2.86. The van der Waals surface area contributed by atoms with Crippen LogP contribution >= 0.6 is 0 Å². The van der Waals surface area contributed by atoms with Gasteiger partial charge in [-0.25, -0.2) is 0 Å². The molecule has 0 aromatic heterocycles. The van der Waals surface area contributed by atoms with E-state index in [1.165, 1.54) is 55.2 Å². The molecule has 4 unspecified atom stereocenters. The van der Waals surface area contributed by atoms with E-state index >= 15 is 0 Å². The Morgan fingerprint density at radius 3 is 2.50 bits per heavy atom. The molecule has 38 heavy (non-hydrogen) atoms. The van der Waals surface area contributed by atoms with Crippen LogP contribution in [0.4, 0.5) is 0 Å². The summed E-state index contributed by atoms with van der Waals surface area (Å²) in [5.74, 6) is 1.82. The van der Waals surface area contributed by atoms with Crippen molar-refractivity contribution in [2.45, 2.75) is 163 Å². The quantitative estimate of drug-likeness (QED) is 0.0830. The molecular formula is C35H63O3-. The van der Waals surface area contributed by atoms with Crippen molar-refractivity contribution in [1.29, 1.82) is 0 Å². The van der Waals surface area contributed by atoms with E-state index in [4.69, 9.17) is 4.74 Å². The van der Waals surface area contributed by atoms with Gasteiger partial charge >= 0.3 is 0 Å². The number of rotatable bonds is 22. The average molecular weight is 532 g/mol. The fraction of sp³-hybridized carbons (Fsp3) is 0.800. The Bertz CT molecular complexity index is 715. The van der Waals surface area contributed by atoms with Gasteiger partial charge in [0.05, 0.1) is 18.3 Å². The molecule has 222 valence electrons. The lowest BCUT2D eigenvalue weighted by atomic mass is 9.84. The van der Waals surface area contributed by atoms with Crippen molar-refractivity contribution in [2.75, 3.05) is 6.61 Å². The van der Waals surface area contributed by atoms with Crippen LogP contribution < -0.4 is 0 Å². The Morgan fingerprint density at radius 1 is 1.11 bits per heavy atom. The molecule has 0 bridgehead atoms. The number of ether oxygens (including phenoxy) is 1. The van der Waals surface area contributed by atoms with E-state index in [9.17, 15) is 10.2 Å². The molecule has 0 heterocycles. The van der Waals surface area contributed by atoms with Gasteiger partial charge in [-0.1, -0.05) is 70.9 Å². The molecule has 0 radical (unpaired) electrons. The van der Waals surface area contributed by atoms with E-state index in [-0.39, 0.29) is 5.92 Å². The Morgan fingerprint density at radius 2 is 1.79 bits per heavy atom. The van der Waals surface area contributed by atoms with Gasteiger partial charge in [-0.15, -0.1) is 0 Å². The molecule has 0 aromatic rings. The van der Waals surface area contributed by atoms with E-state index in [0.29, 0.717) is 5.92 Å². The monoisotopic (exact) mass is 531 g/mol. The Kier molecular flexibility index (Phi) is 18.3. The summed E-state index contributed by atoms with van der Waals surface area (Å²) in [6.07, 6.45) is 24.3. The minimum Gasteiger partial charge on any atom is -0.493 e. The Labute approximate surface area is 237 Å². The minimum absolute atomic E-state index is 0.127. The van der Waals surface area contributed by atoms with Gasteiger partial charge in [0.1, 0.15) is 5.76 Å². The van der Waals surface area contributed by atoms with E-state index in [1.54, 1.807) is 0 Å². The van der Waals surface area contributed by atoms with Crippen molar-refractivity contribution in [3.63, 3.8) is 0 Å². The Balaban J connectivity index is 2.42. The van der Waals surface area contributed by atoms with Crippen LogP contribution in [0.3, 0.4) is 0 Å². The normalized spacial score (nSPS) is 20.9. The summed E-state index contributed by atoms with van der Waals surface area (Å²) in [4.78, 5) is 0. The van der Waals surface area contributed by atoms with Crippen LogP contribution in [-0.2, 0) is 4.74 Å². The van der Waals surface area contributed by atoms with Crippen molar-refractivity contribution in [2.24, 2.45) is 11.8 Å². The van der Waals surface area contributed by atoms with Gasteiger partial charge in [-0.05, 0) is 102 Å². The molecule has 0 aromatic carbocycles. The maximum absolute atomic E-state index is 10.6. The molecule has 0 aliphatic heterocycles. The predicted molar refractivity (Wildman–Crippen MR) is 165 cm³/mol. The highest BCUT2D eigenvalue weighted by molar-refractivity contribution is 5.37. The summed E-state index contributed by atoms with van der Waals surface area (Å²) >= 11 is 0. The molecule has 3 heteroatoms. The number of aliphatic hydroxyl groups is 2. The first kappa shape index (κ1) is 35.0. The summed E-state index contributed by atoms with van der Waals surface area (Å²) in [6, 6.07) is 0. The largest absolute Gasteiger partial charge is 0.493 e. The van der Waals surface area contributed by atoms with Gasteiger partial charge in [0.2, 0.25) is 0 Å². The molecule has 0 saturated heterocycles. The molecule has 0 spiro atoms. The molecule has 0 amide bonds. The van der Waals surface area contributed by atoms with Crippen molar-refractivity contribution in [3.8, 4) is 0 Å². The number of hydrogen-bond acceptors (Lipinski definition) is 3. The fourth-order valence-electron chi connectivity index (χ4n) is 5.42. The van der Waals surface area contributed by atoms with Gasteiger partial charge in [0.25, 0.3) is 0 Å². The standard InChI is InChI=1S/C35H63O3/c1-8-10-12-13-14-16-26-38-34-31(6)30(5)33(36)27-32(34)23-22-29(4)20-17-19-28(3)21-18-25-35(7,37)24-15-11-9-2/h9,19,27,29-30,33,36-37H,8,10-18,20-26H2,1-7H3/q-1/b28-19+. The number of unbranched alkanes of at least 4 members (excludes halogenated alkanes) is 7. The van der Waals surface area contributed by atoms with Crippen LogP contribution in [0.5, 0.6) is 0 Å². The number of hydrogen-bond donors (Lipinski definition) is 2. The van der Waals surface area contributed by atoms with Gasteiger partial charge in [-0.3, -0.25) is 0 Å². The Hall–Kier alpha value is -1.06. The summed E-state index contributed by atoms with van der Waals surface area (Å²) < 4.78 is 6.34. The molecule has 3 nitrogen and oxygen atoms in total. The zero-order valence-electron chi connectivity index (χ0n) is 26.3. The lowest BCUT2D eigenvalue weighted by Crippen LogP contribution is -2.23. The molecular weight excluding hydrogens is 468 g/mol. The third kappa shape index (κ3) is 14.9. The summed E-state index contributed by atoms with van der Waals surface area (Å²) in [5, 5.41) is 21.1. The first-order valence-electron chi connectivity index (χ1n) is 16.0. The smallest absolute Gasteiger partial charge is 0.121 e. The second-order valence-electron chi connectivity index (χ2n) is 12.5. The topological polar surface area (TPSA) is 49.7 Å². The van der Waals surface area contributed by atoms with Crippen LogP contribution in [0.1, 0.15) is 151 Å². The van der Waals surface area contributed by atoms with Gasteiger partial charge in [-0.2, -0.15) is 13.3 Å². The van der Waals surface area contributed by atoms with Crippen LogP contribution in [0.25, 0.3) is 0 Å². The molecule has 4 atom stereocenters.